The van der Waals surface area contributed by atoms with Crippen LogP contribution in [0.4, 0.5) is 10.1 Å². The molecular weight excluding hydrogens is 429 g/mol. The van der Waals surface area contributed by atoms with Gasteiger partial charge in [0.25, 0.3) is 5.91 Å². The molecule has 3 rings (SSSR count). The minimum absolute atomic E-state index is 0.0525. The molecule has 1 fully saturated rings. The highest BCUT2D eigenvalue weighted by atomic mass is 19.1. The summed E-state index contributed by atoms with van der Waals surface area (Å²) in [6, 6.07) is 9.15. The maximum atomic E-state index is 13.2. The minimum Gasteiger partial charge on any atom is -0.476 e. The third-order valence-corrected chi connectivity index (χ3v) is 5.86. The van der Waals surface area contributed by atoms with E-state index in [9.17, 15) is 24.1 Å². The monoisotopic (exact) mass is 457 g/mol. The molecule has 1 aliphatic rings. The van der Waals surface area contributed by atoms with E-state index in [1.54, 1.807) is 24.0 Å². The van der Waals surface area contributed by atoms with Crippen molar-refractivity contribution in [2.75, 3.05) is 19.7 Å². The molecule has 2 atom stereocenters. The lowest BCUT2D eigenvalue weighted by Gasteiger charge is -2.44. The molecule has 176 valence electrons. The fourth-order valence-electron chi connectivity index (χ4n) is 4.11. The van der Waals surface area contributed by atoms with Crippen LogP contribution in [0.1, 0.15) is 42.3 Å². The Morgan fingerprint density at radius 1 is 1.15 bits per heavy atom. The SMILES string of the molecule is CC(=O)c1cc(C)cc([N+](=O)[O-])c1OCC(=O)N1C[C@@H](C)N(Cc2ccc(F)cc2)C[C@@H]1C. The summed E-state index contributed by atoms with van der Waals surface area (Å²) < 4.78 is 18.7. The number of hydrogen-bond acceptors (Lipinski definition) is 6. The van der Waals surface area contributed by atoms with Crippen LogP contribution in [0.5, 0.6) is 5.75 Å². The van der Waals surface area contributed by atoms with Gasteiger partial charge in [0.15, 0.2) is 12.4 Å². The highest BCUT2D eigenvalue weighted by Crippen LogP contribution is 2.33. The number of carbonyl (C=O) groups is 2. The number of hydrogen-bond donors (Lipinski definition) is 0. The number of nitro groups is 1. The molecule has 0 aromatic heterocycles. The number of nitrogens with zero attached hydrogens (tertiary/aromatic N) is 3. The zero-order valence-electron chi connectivity index (χ0n) is 19.2. The summed E-state index contributed by atoms with van der Waals surface area (Å²) in [7, 11) is 0. The summed E-state index contributed by atoms with van der Waals surface area (Å²) >= 11 is 0. The van der Waals surface area contributed by atoms with E-state index in [1.807, 2.05) is 13.8 Å². The largest absolute Gasteiger partial charge is 0.476 e. The van der Waals surface area contributed by atoms with Crippen molar-refractivity contribution < 1.29 is 23.6 Å². The van der Waals surface area contributed by atoms with Gasteiger partial charge in [-0.05, 0) is 57.0 Å². The van der Waals surface area contributed by atoms with Gasteiger partial charge < -0.3 is 9.64 Å². The van der Waals surface area contributed by atoms with Crippen molar-refractivity contribution in [3.05, 3.63) is 69.0 Å². The number of nitro benzene ring substituents is 1. The normalized spacial score (nSPS) is 18.8. The van der Waals surface area contributed by atoms with E-state index < -0.39 is 11.5 Å². The molecule has 1 amide bonds. The summed E-state index contributed by atoms with van der Waals surface area (Å²) in [5, 5.41) is 11.5. The molecular formula is C24H28FN3O5. The molecule has 33 heavy (non-hydrogen) atoms. The van der Waals surface area contributed by atoms with Crippen molar-refractivity contribution in [1.82, 2.24) is 9.80 Å². The van der Waals surface area contributed by atoms with Crippen LogP contribution in [-0.4, -0.2) is 58.2 Å². The van der Waals surface area contributed by atoms with Crippen molar-refractivity contribution in [3.8, 4) is 5.75 Å². The van der Waals surface area contributed by atoms with Crippen molar-refractivity contribution in [1.29, 1.82) is 0 Å². The average Bonchev–Trinajstić information content (AvgIpc) is 2.75. The molecule has 0 radical (unpaired) electrons. The molecule has 0 spiro atoms. The lowest BCUT2D eigenvalue weighted by Crippen LogP contribution is -2.58. The lowest BCUT2D eigenvalue weighted by molar-refractivity contribution is -0.385. The number of piperazine rings is 1. The van der Waals surface area contributed by atoms with Crippen LogP contribution < -0.4 is 4.74 Å². The first kappa shape index (κ1) is 24.3. The Kier molecular flexibility index (Phi) is 7.43. The van der Waals surface area contributed by atoms with E-state index in [4.69, 9.17) is 4.74 Å². The number of rotatable bonds is 7. The van der Waals surface area contributed by atoms with E-state index in [2.05, 4.69) is 4.90 Å². The first-order valence-electron chi connectivity index (χ1n) is 10.8. The Labute approximate surface area is 192 Å². The molecule has 9 heteroatoms. The first-order chi connectivity index (χ1) is 15.6. The third kappa shape index (κ3) is 5.73. The smallest absolute Gasteiger partial charge is 0.311 e. The highest BCUT2D eigenvalue weighted by molar-refractivity contribution is 5.98. The Morgan fingerprint density at radius 3 is 2.42 bits per heavy atom. The molecule has 8 nitrogen and oxygen atoms in total. The summed E-state index contributed by atoms with van der Waals surface area (Å²) in [5.41, 5.74) is 1.30. The van der Waals surface area contributed by atoms with Crippen molar-refractivity contribution in [2.45, 2.75) is 46.3 Å². The van der Waals surface area contributed by atoms with Crippen LogP contribution in [-0.2, 0) is 11.3 Å². The van der Waals surface area contributed by atoms with E-state index in [-0.39, 0.29) is 46.6 Å². The molecule has 1 heterocycles. The fraction of sp³-hybridized carbons (Fsp3) is 0.417. The maximum absolute atomic E-state index is 13.2. The van der Waals surface area contributed by atoms with Gasteiger partial charge in [0.05, 0.1) is 10.5 Å². The molecule has 2 aromatic rings. The summed E-state index contributed by atoms with van der Waals surface area (Å²) in [6.45, 7) is 8.21. The zero-order valence-corrected chi connectivity index (χ0v) is 19.2. The Hall–Kier alpha value is -3.33. The molecule has 2 aromatic carbocycles. The van der Waals surface area contributed by atoms with Crippen molar-refractivity contribution in [3.63, 3.8) is 0 Å². The van der Waals surface area contributed by atoms with E-state index in [1.165, 1.54) is 31.2 Å². The van der Waals surface area contributed by atoms with Crippen LogP contribution >= 0.6 is 0 Å². The van der Waals surface area contributed by atoms with Gasteiger partial charge in [-0.25, -0.2) is 4.39 Å². The predicted octanol–water partition coefficient (Wildman–Crippen LogP) is 3.75. The van der Waals surface area contributed by atoms with Crippen molar-refractivity contribution >= 4 is 17.4 Å². The van der Waals surface area contributed by atoms with Crippen LogP contribution in [0.2, 0.25) is 0 Å². The Bertz CT molecular complexity index is 1020. The van der Waals surface area contributed by atoms with Crippen LogP contribution in [0.3, 0.4) is 0 Å². The van der Waals surface area contributed by atoms with Crippen LogP contribution in [0, 0.1) is 22.9 Å². The molecule has 1 aliphatic heterocycles. The Morgan fingerprint density at radius 2 is 1.82 bits per heavy atom. The van der Waals surface area contributed by atoms with Crippen LogP contribution in [0.25, 0.3) is 0 Å². The predicted molar refractivity (Wildman–Crippen MR) is 121 cm³/mol. The number of ether oxygens (including phenoxy) is 1. The summed E-state index contributed by atoms with van der Waals surface area (Å²) in [6.07, 6.45) is 0. The van der Waals surface area contributed by atoms with Gasteiger partial charge in [-0.3, -0.25) is 24.6 Å². The number of benzene rings is 2. The highest BCUT2D eigenvalue weighted by Gasteiger charge is 2.33. The second kappa shape index (κ2) is 10.1. The van der Waals surface area contributed by atoms with Gasteiger partial charge in [0, 0.05) is 37.8 Å². The molecule has 0 saturated carbocycles. The second-order valence-electron chi connectivity index (χ2n) is 8.56. The number of halogens is 1. The second-order valence-corrected chi connectivity index (χ2v) is 8.56. The van der Waals surface area contributed by atoms with E-state index in [0.29, 0.717) is 25.2 Å². The standard InChI is InChI=1S/C24H28FN3O5/c1-15-9-21(18(4)29)24(22(10-15)28(31)32)33-14-23(30)27-12-16(2)26(11-17(27)3)13-19-5-7-20(25)8-6-19/h5-10,16-17H,11-14H2,1-4H3/t16-,17+/m1/s1. The van der Waals surface area contributed by atoms with Gasteiger partial charge in [0.1, 0.15) is 5.82 Å². The maximum Gasteiger partial charge on any atom is 0.311 e. The molecule has 0 aliphatic carbocycles. The van der Waals surface area contributed by atoms with Gasteiger partial charge in [-0.1, -0.05) is 12.1 Å². The molecule has 0 N–H and O–H groups in total. The van der Waals surface area contributed by atoms with E-state index in [0.717, 1.165) is 5.56 Å². The van der Waals surface area contributed by atoms with Crippen molar-refractivity contribution in [2.24, 2.45) is 0 Å². The average molecular weight is 458 g/mol. The van der Waals surface area contributed by atoms with Gasteiger partial charge in [-0.15, -0.1) is 0 Å². The Balaban J connectivity index is 1.69. The first-order valence-corrected chi connectivity index (χ1v) is 10.8. The molecule has 0 bridgehead atoms. The quantitative estimate of drug-likeness (QED) is 0.357. The fourth-order valence-corrected chi connectivity index (χ4v) is 4.11. The van der Waals surface area contributed by atoms with Gasteiger partial charge >= 0.3 is 5.69 Å². The lowest BCUT2D eigenvalue weighted by atomic mass is 10.1. The number of carbonyl (C=O) groups excluding carboxylic acids is 2. The zero-order chi connectivity index (χ0) is 24.3. The van der Waals surface area contributed by atoms with Gasteiger partial charge in [-0.2, -0.15) is 0 Å². The number of aryl methyl sites for hydroxylation is 1. The summed E-state index contributed by atoms with van der Waals surface area (Å²) in [4.78, 5) is 39.8. The minimum atomic E-state index is -0.613. The molecule has 1 saturated heterocycles. The van der Waals surface area contributed by atoms with E-state index >= 15 is 0 Å². The van der Waals surface area contributed by atoms with Crippen LogP contribution in [0.15, 0.2) is 36.4 Å². The van der Waals surface area contributed by atoms with Gasteiger partial charge in [0.2, 0.25) is 5.75 Å². The topological polar surface area (TPSA) is 93.0 Å². The third-order valence-electron chi connectivity index (χ3n) is 5.86. The number of Topliss-reactive ketones (excluding diaryl/α,β-unsaturated/α-hetero) is 1. The molecule has 0 unspecified atom stereocenters. The summed E-state index contributed by atoms with van der Waals surface area (Å²) in [5.74, 6) is -1.14. The number of ketones is 1. The number of amides is 1.